The number of carbonyl (C=O) groups excluding carboxylic acids is 1. The Kier molecular flexibility index (Phi) is 5.13. The first-order chi connectivity index (χ1) is 16.5. The number of anilines is 1. The van der Waals surface area contributed by atoms with Crippen LogP contribution in [0.3, 0.4) is 0 Å². The number of amides is 1. The van der Waals surface area contributed by atoms with Gasteiger partial charge in [-0.05, 0) is 44.7 Å². The first kappa shape index (κ1) is 21.3. The molecular weight excluding hydrogens is 438 g/mol. The molecule has 3 aliphatic rings. The van der Waals surface area contributed by atoms with Crippen LogP contribution in [0.1, 0.15) is 37.8 Å². The summed E-state index contributed by atoms with van der Waals surface area (Å²) < 4.78 is 36.0. The quantitative estimate of drug-likeness (QED) is 0.587. The number of hydrogen-bond donors (Lipinski definition) is 1. The summed E-state index contributed by atoms with van der Waals surface area (Å²) in [5.41, 5.74) is 3.35. The summed E-state index contributed by atoms with van der Waals surface area (Å²) in [5, 5.41) is 7.77. The normalized spacial score (nSPS) is 20.1. The van der Waals surface area contributed by atoms with Crippen molar-refractivity contribution in [1.82, 2.24) is 15.1 Å². The Bertz CT molecular complexity index is 1250. The van der Waals surface area contributed by atoms with Crippen molar-refractivity contribution in [3.63, 3.8) is 0 Å². The van der Waals surface area contributed by atoms with Crippen LogP contribution >= 0.6 is 0 Å². The lowest BCUT2D eigenvalue weighted by Gasteiger charge is -2.36. The highest BCUT2D eigenvalue weighted by molar-refractivity contribution is 5.99. The molecule has 1 saturated carbocycles. The van der Waals surface area contributed by atoms with Crippen LogP contribution in [-0.2, 0) is 11.2 Å². The minimum atomic E-state index is -0.703. The number of nitrogens with one attached hydrogen (secondary N) is 1. The molecule has 1 amide bonds. The molecule has 1 N–H and O–H groups in total. The third-order valence-corrected chi connectivity index (χ3v) is 7.01. The van der Waals surface area contributed by atoms with E-state index in [2.05, 4.69) is 17.3 Å². The van der Waals surface area contributed by atoms with Gasteiger partial charge in [0.25, 0.3) is 0 Å². The van der Waals surface area contributed by atoms with Crippen LogP contribution in [0.15, 0.2) is 42.7 Å². The van der Waals surface area contributed by atoms with E-state index in [0.29, 0.717) is 18.2 Å². The highest BCUT2D eigenvalue weighted by Gasteiger charge is 2.39. The Morgan fingerprint density at radius 1 is 1.12 bits per heavy atom. The molecule has 6 rings (SSSR count). The fraction of sp³-hybridized carbons (Fsp3) is 0.385. The van der Waals surface area contributed by atoms with Crippen molar-refractivity contribution in [3.05, 3.63) is 59.9 Å². The molecule has 2 aromatic carbocycles. The Morgan fingerprint density at radius 3 is 2.56 bits per heavy atom. The lowest BCUT2D eigenvalue weighted by Crippen LogP contribution is -2.43. The third kappa shape index (κ3) is 3.76. The minimum Gasteiger partial charge on any atom is -0.456 e. The molecule has 34 heavy (non-hydrogen) atoms. The lowest BCUT2D eigenvalue weighted by atomic mass is 9.92. The average Bonchev–Trinajstić information content (AvgIpc) is 3.50. The number of aromatic nitrogens is 2. The van der Waals surface area contributed by atoms with Gasteiger partial charge in [0, 0.05) is 66.1 Å². The van der Waals surface area contributed by atoms with Gasteiger partial charge in [0.1, 0.15) is 23.1 Å². The van der Waals surface area contributed by atoms with Gasteiger partial charge < -0.3 is 15.0 Å². The molecule has 2 aliphatic heterocycles. The lowest BCUT2D eigenvalue weighted by molar-refractivity contribution is -0.120. The number of nitrogens with zero attached hydrogens (tertiary/aromatic N) is 3. The number of fused-ring (bicyclic) bond motifs is 1. The maximum Gasteiger partial charge on any atom is 0.230 e. The SMILES string of the molecule is CC1CCc2c(ccc(-c3cnn(C4CNC4)c3)c2Oc2cc(F)cc(F)c2)N1C(=O)C1CC1. The second-order valence-corrected chi connectivity index (χ2v) is 9.54. The summed E-state index contributed by atoms with van der Waals surface area (Å²) in [6.45, 7) is 3.80. The van der Waals surface area contributed by atoms with E-state index in [0.717, 1.165) is 60.8 Å². The van der Waals surface area contributed by atoms with Crippen LogP contribution in [0.25, 0.3) is 11.1 Å². The van der Waals surface area contributed by atoms with Gasteiger partial charge >= 0.3 is 0 Å². The maximum absolute atomic E-state index is 14.0. The number of ether oxygens (including phenoxy) is 1. The van der Waals surface area contributed by atoms with Gasteiger partial charge in [0.05, 0.1) is 17.9 Å². The van der Waals surface area contributed by atoms with Crippen molar-refractivity contribution in [2.45, 2.75) is 44.7 Å². The van der Waals surface area contributed by atoms with Crippen molar-refractivity contribution < 1.29 is 18.3 Å². The van der Waals surface area contributed by atoms with E-state index >= 15 is 0 Å². The van der Waals surface area contributed by atoms with Crippen molar-refractivity contribution in [2.24, 2.45) is 5.92 Å². The van der Waals surface area contributed by atoms with Crippen molar-refractivity contribution >= 4 is 11.6 Å². The standard InChI is InChI=1S/C26H26F2N4O2/c1-15-2-5-23-24(32(15)26(33)16-3-4-16)7-6-22(17-11-30-31(14-17)20-12-29-13-20)25(23)34-21-9-18(27)8-19(28)10-21/h6-11,14-16,20,29H,2-5,12-13H2,1H3. The monoisotopic (exact) mass is 464 g/mol. The number of halogens is 2. The number of carbonyl (C=O) groups is 1. The van der Waals surface area contributed by atoms with Crippen LogP contribution in [-0.4, -0.2) is 34.8 Å². The van der Waals surface area contributed by atoms with E-state index in [1.807, 2.05) is 27.9 Å². The summed E-state index contributed by atoms with van der Waals surface area (Å²) in [6, 6.07) is 7.46. The highest BCUT2D eigenvalue weighted by Crippen LogP contribution is 2.46. The van der Waals surface area contributed by atoms with Crippen LogP contribution in [0, 0.1) is 17.6 Å². The Balaban J connectivity index is 1.47. The van der Waals surface area contributed by atoms with Crippen LogP contribution in [0.2, 0.25) is 0 Å². The van der Waals surface area contributed by atoms with E-state index in [1.165, 1.54) is 12.1 Å². The van der Waals surface area contributed by atoms with Gasteiger partial charge in [-0.1, -0.05) is 0 Å². The average molecular weight is 465 g/mol. The van der Waals surface area contributed by atoms with E-state index in [1.54, 1.807) is 6.20 Å². The minimum absolute atomic E-state index is 0.0831. The summed E-state index contributed by atoms with van der Waals surface area (Å²) in [5.74, 6) is -0.564. The molecule has 3 heterocycles. The molecule has 0 bridgehead atoms. The smallest absolute Gasteiger partial charge is 0.230 e. The van der Waals surface area contributed by atoms with E-state index in [9.17, 15) is 13.6 Å². The second kappa shape index (κ2) is 8.20. The van der Waals surface area contributed by atoms with Crippen molar-refractivity contribution in [1.29, 1.82) is 0 Å². The van der Waals surface area contributed by atoms with Crippen LogP contribution < -0.4 is 15.0 Å². The summed E-state index contributed by atoms with van der Waals surface area (Å²) in [6.07, 6.45) is 7.11. The van der Waals surface area contributed by atoms with Gasteiger partial charge in [-0.25, -0.2) is 8.78 Å². The fourth-order valence-corrected chi connectivity index (χ4v) is 4.85. The molecule has 0 spiro atoms. The largest absolute Gasteiger partial charge is 0.456 e. The van der Waals surface area contributed by atoms with Crippen LogP contribution in [0.5, 0.6) is 11.5 Å². The summed E-state index contributed by atoms with van der Waals surface area (Å²) in [7, 11) is 0. The van der Waals surface area contributed by atoms with E-state index in [4.69, 9.17) is 4.74 Å². The molecule has 1 aliphatic carbocycles. The molecule has 1 unspecified atom stereocenters. The van der Waals surface area contributed by atoms with Gasteiger partial charge in [-0.2, -0.15) is 5.10 Å². The van der Waals surface area contributed by atoms with Gasteiger partial charge in [-0.15, -0.1) is 0 Å². The first-order valence-electron chi connectivity index (χ1n) is 11.9. The van der Waals surface area contributed by atoms with Crippen molar-refractivity contribution in [2.75, 3.05) is 18.0 Å². The summed E-state index contributed by atoms with van der Waals surface area (Å²) in [4.78, 5) is 15.0. The van der Waals surface area contributed by atoms with Crippen LogP contribution in [0.4, 0.5) is 14.5 Å². The molecule has 176 valence electrons. The van der Waals surface area contributed by atoms with E-state index in [-0.39, 0.29) is 23.6 Å². The molecule has 3 aromatic rings. The van der Waals surface area contributed by atoms with E-state index < -0.39 is 11.6 Å². The second-order valence-electron chi connectivity index (χ2n) is 9.54. The zero-order valence-electron chi connectivity index (χ0n) is 18.9. The fourth-order valence-electron chi connectivity index (χ4n) is 4.85. The maximum atomic E-state index is 14.0. The van der Waals surface area contributed by atoms with Crippen molar-refractivity contribution in [3.8, 4) is 22.6 Å². The first-order valence-corrected chi connectivity index (χ1v) is 11.9. The Hall–Kier alpha value is -3.26. The molecule has 1 aromatic heterocycles. The molecule has 6 nitrogen and oxygen atoms in total. The van der Waals surface area contributed by atoms with Gasteiger partial charge in [-0.3, -0.25) is 9.48 Å². The Morgan fingerprint density at radius 2 is 1.88 bits per heavy atom. The molecular formula is C26H26F2N4O2. The van der Waals surface area contributed by atoms with Gasteiger partial charge in [0.2, 0.25) is 5.91 Å². The topological polar surface area (TPSA) is 59.4 Å². The number of rotatable bonds is 5. The number of benzene rings is 2. The molecule has 8 heteroatoms. The molecule has 2 fully saturated rings. The predicted octanol–water partition coefficient (Wildman–Crippen LogP) is 4.84. The zero-order chi connectivity index (χ0) is 23.4. The predicted molar refractivity (Wildman–Crippen MR) is 124 cm³/mol. The highest BCUT2D eigenvalue weighted by atomic mass is 19.1. The Labute approximate surface area is 196 Å². The third-order valence-electron chi connectivity index (χ3n) is 7.01. The zero-order valence-corrected chi connectivity index (χ0v) is 18.9. The van der Waals surface area contributed by atoms with Gasteiger partial charge in [0.15, 0.2) is 0 Å². The number of hydrogen-bond acceptors (Lipinski definition) is 4. The molecule has 0 radical (unpaired) electrons. The molecule has 1 saturated heterocycles. The molecule has 1 atom stereocenters. The summed E-state index contributed by atoms with van der Waals surface area (Å²) >= 11 is 0.